The molecule has 0 bridgehead atoms. The van der Waals surface area contributed by atoms with Gasteiger partial charge in [-0.25, -0.2) is 4.79 Å². The minimum absolute atomic E-state index is 0.259. The number of nitrogens with two attached hydrogens (primary N) is 1. The van der Waals surface area contributed by atoms with Gasteiger partial charge in [-0.1, -0.05) is 35.3 Å². The van der Waals surface area contributed by atoms with E-state index in [4.69, 9.17) is 38.9 Å². The van der Waals surface area contributed by atoms with Gasteiger partial charge in [0.05, 0.1) is 14.5 Å². The number of nitrogens with zero attached hydrogens (tertiary/aromatic N) is 1. The Bertz CT molecular complexity index is 971. The number of hydrogen-bond donors (Lipinski definition) is 2. The average molecular weight is 469 g/mol. The molecule has 0 atom stereocenters. The van der Waals surface area contributed by atoms with Crippen LogP contribution >= 0.6 is 39.1 Å². The molecular weight excluding hydrogens is 457 g/mol. The highest BCUT2D eigenvalue weighted by Crippen LogP contribution is 2.29. The summed E-state index contributed by atoms with van der Waals surface area (Å²) in [5.41, 5.74) is 6.01. The molecule has 0 radical (unpaired) electrons. The van der Waals surface area contributed by atoms with E-state index in [-0.39, 0.29) is 12.2 Å². The molecule has 138 valence electrons. The summed E-state index contributed by atoms with van der Waals surface area (Å²) >= 11 is 15.2. The molecule has 2 aromatic rings. The van der Waals surface area contributed by atoms with E-state index in [9.17, 15) is 9.59 Å². The van der Waals surface area contributed by atoms with Crippen molar-refractivity contribution in [3.63, 3.8) is 0 Å². The molecular formula is C18H12BrCl2N3O3. The van der Waals surface area contributed by atoms with Crippen LogP contribution in [0.25, 0.3) is 6.08 Å². The molecule has 3 amide bonds. The molecule has 0 aliphatic heterocycles. The number of carbonyl (C=O) groups is 2. The highest BCUT2D eigenvalue weighted by molar-refractivity contribution is 9.10. The number of rotatable bonds is 5. The van der Waals surface area contributed by atoms with E-state index in [2.05, 4.69) is 15.9 Å². The maximum absolute atomic E-state index is 11.7. The molecule has 27 heavy (non-hydrogen) atoms. The van der Waals surface area contributed by atoms with Gasteiger partial charge in [-0.05, 0) is 57.4 Å². The molecule has 0 fully saturated rings. The fourth-order valence-electron chi connectivity index (χ4n) is 2.01. The Morgan fingerprint density at radius 3 is 2.56 bits per heavy atom. The standard InChI is InChI=1S/C18H12BrCl2N3O3/c19-13-6-10(5-12(8-22)17(25)24-18(23)26)2-4-16(13)27-9-11-1-3-14(20)15(21)7-11/h1-7H,9H2,(H3,23,24,25,26)/b12-5-. The summed E-state index contributed by atoms with van der Waals surface area (Å²) in [7, 11) is 0. The first-order valence-electron chi connectivity index (χ1n) is 7.39. The Kier molecular flexibility index (Phi) is 7.25. The second kappa shape index (κ2) is 9.42. The normalized spacial score (nSPS) is 10.8. The highest BCUT2D eigenvalue weighted by Gasteiger charge is 2.11. The Hall–Kier alpha value is -2.53. The second-order valence-corrected chi connectivity index (χ2v) is 6.88. The Balaban J connectivity index is 2.13. The maximum Gasteiger partial charge on any atom is 0.319 e. The summed E-state index contributed by atoms with van der Waals surface area (Å²) in [4.78, 5) is 22.4. The zero-order valence-electron chi connectivity index (χ0n) is 13.6. The zero-order chi connectivity index (χ0) is 20.0. The number of carbonyl (C=O) groups excluding carboxylic acids is 2. The van der Waals surface area contributed by atoms with Crippen LogP contribution in [0.5, 0.6) is 5.75 Å². The van der Waals surface area contributed by atoms with E-state index >= 15 is 0 Å². The largest absolute Gasteiger partial charge is 0.488 e. The molecule has 0 aromatic heterocycles. The second-order valence-electron chi connectivity index (χ2n) is 5.22. The third kappa shape index (κ3) is 6.00. The van der Waals surface area contributed by atoms with Gasteiger partial charge in [0, 0.05) is 0 Å². The number of benzene rings is 2. The van der Waals surface area contributed by atoms with E-state index in [1.807, 2.05) is 5.32 Å². The van der Waals surface area contributed by atoms with Crippen molar-refractivity contribution in [2.45, 2.75) is 6.61 Å². The van der Waals surface area contributed by atoms with Gasteiger partial charge in [-0.15, -0.1) is 0 Å². The lowest BCUT2D eigenvalue weighted by molar-refractivity contribution is -0.115. The minimum atomic E-state index is -1.03. The van der Waals surface area contributed by atoms with Crippen LogP contribution in [0.4, 0.5) is 4.79 Å². The molecule has 0 spiro atoms. The molecule has 6 nitrogen and oxygen atoms in total. The van der Waals surface area contributed by atoms with Crippen LogP contribution in [-0.4, -0.2) is 11.9 Å². The van der Waals surface area contributed by atoms with Gasteiger partial charge in [0.2, 0.25) is 0 Å². The molecule has 3 N–H and O–H groups in total. The molecule has 0 unspecified atom stereocenters. The topological polar surface area (TPSA) is 105 Å². The SMILES string of the molecule is N#C/C(=C/c1ccc(OCc2ccc(Cl)c(Cl)c2)c(Br)c1)C(=O)NC(N)=O. The highest BCUT2D eigenvalue weighted by atomic mass is 79.9. The van der Waals surface area contributed by atoms with Crippen molar-refractivity contribution in [1.29, 1.82) is 5.26 Å². The summed E-state index contributed by atoms with van der Waals surface area (Å²) < 4.78 is 6.34. The number of halogens is 3. The lowest BCUT2D eigenvalue weighted by atomic mass is 10.1. The van der Waals surface area contributed by atoms with Gasteiger partial charge < -0.3 is 10.5 Å². The van der Waals surface area contributed by atoms with Crippen molar-refractivity contribution in [1.82, 2.24) is 5.32 Å². The molecule has 0 saturated heterocycles. The van der Waals surface area contributed by atoms with Crippen LogP contribution in [0.15, 0.2) is 46.4 Å². The van der Waals surface area contributed by atoms with Crippen molar-refractivity contribution in [3.8, 4) is 11.8 Å². The van der Waals surface area contributed by atoms with E-state index in [0.717, 1.165) is 5.56 Å². The van der Waals surface area contributed by atoms with Crippen LogP contribution in [0.3, 0.4) is 0 Å². The van der Waals surface area contributed by atoms with E-state index in [1.54, 1.807) is 42.5 Å². The quantitative estimate of drug-likeness (QED) is 0.499. The average Bonchev–Trinajstić information content (AvgIpc) is 2.61. The number of hydrogen-bond acceptors (Lipinski definition) is 4. The van der Waals surface area contributed by atoms with Crippen LogP contribution in [0, 0.1) is 11.3 Å². The number of nitriles is 1. The number of urea groups is 1. The molecule has 0 heterocycles. The first-order valence-corrected chi connectivity index (χ1v) is 8.94. The van der Waals surface area contributed by atoms with Gasteiger partial charge in [-0.3, -0.25) is 10.1 Å². The summed E-state index contributed by atoms with van der Waals surface area (Å²) in [6.07, 6.45) is 1.33. The van der Waals surface area contributed by atoms with Gasteiger partial charge >= 0.3 is 6.03 Å². The summed E-state index contributed by atoms with van der Waals surface area (Å²) in [5, 5.41) is 11.8. The van der Waals surface area contributed by atoms with Gasteiger partial charge in [0.15, 0.2) is 0 Å². The summed E-state index contributed by atoms with van der Waals surface area (Å²) in [6.45, 7) is 0.273. The Morgan fingerprint density at radius 1 is 1.22 bits per heavy atom. The van der Waals surface area contributed by atoms with Crippen molar-refractivity contribution in [3.05, 3.63) is 67.6 Å². The van der Waals surface area contributed by atoms with Crippen molar-refractivity contribution < 1.29 is 14.3 Å². The number of imide groups is 1. The summed E-state index contributed by atoms with van der Waals surface area (Å²) in [6, 6.07) is 10.9. The predicted molar refractivity (Wildman–Crippen MR) is 106 cm³/mol. The van der Waals surface area contributed by atoms with Crippen LogP contribution < -0.4 is 15.8 Å². The molecule has 2 rings (SSSR count). The Morgan fingerprint density at radius 2 is 1.96 bits per heavy atom. The maximum atomic E-state index is 11.7. The van der Waals surface area contributed by atoms with Gasteiger partial charge in [0.25, 0.3) is 5.91 Å². The number of amides is 3. The number of ether oxygens (including phenoxy) is 1. The van der Waals surface area contributed by atoms with Gasteiger partial charge in [-0.2, -0.15) is 5.26 Å². The molecule has 2 aromatic carbocycles. The minimum Gasteiger partial charge on any atom is -0.488 e. The van der Waals surface area contributed by atoms with Crippen LogP contribution in [-0.2, 0) is 11.4 Å². The smallest absolute Gasteiger partial charge is 0.319 e. The van der Waals surface area contributed by atoms with E-state index < -0.39 is 11.9 Å². The number of nitrogens with one attached hydrogen (secondary N) is 1. The third-order valence-electron chi connectivity index (χ3n) is 3.25. The van der Waals surface area contributed by atoms with Crippen molar-refractivity contribution in [2.24, 2.45) is 5.73 Å². The first kappa shape index (κ1) is 20.8. The molecule has 9 heteroatoms. The molecule has 0 aliphatic rings. The fraction of sp³-hybridized carbons (Fsp3) is 0.0556. The van der Waals surface area contributed by atoms with Crippen LogP contribution in [0.1, 0.15) is 11.1 Å². The van der Waals surface area contributed by atoms with Crippen molar-refractivity contribution in [2.75, 3.05) is 0 Å². The van der Waals surface area contributed by atoms with Crippen molar-refractivity contribution >= 4 is 57.1 Å². The first-order chi connectivity index (χ1) is 12.8. The molecule has 0 saturated carbocycles. The number of primary amides is 1. The Labute approximate surface area is 173 Å². The van der Waals surface area contributed by atoms with Crippen LogP contribution in [0.2, 0.25) is 10.0 Å². The fourth-order valence-corrected chi connectivity index (χ4v) is 2.84. The molecule has 0 aliphatic carbocycles. The predicted octanol–water partition coefficient (Wildman–Crippen LogP) is 4.44. The third-order valence-corrected chi connectivity index (χ3v) is 4.61. The van der Waals surface area contributed by atoms with E-state index in [0.29, 0.717) is 25.8 Å². The lowest BCUT2D eigenvalue weighted by Crippen LogP contribution is -2.35. The summed E-state index contributed by atoms with van der Waals surface area (Å²) in [5.74, 6) is -0.320. The van der Waals surface area contributed by atoms with E-state index in [1.165, 1.54) is 6.08 Å². The monoisotopic (exact) mass is 467 g/mol. The lowest BCUT2D eigenvalue weighted by Gasteiger charge is -2.10. The van der Waals surface area contributed by atoms with Gasteiger partial charge in [0.1, 0.15) is 24.0 Å². The zero-order valence-corrected chi connectivity index (χ0v) is 16.7.